The number of hydrogen-bond acceptors (Lipinski definition) is 5. The normalized spacial score (nSPS) is 10.6. The van der Waals surface area contributed by atoms with Gasteiger partial charge in [-0.1, -0.05) is 11.6 Å². The minimum absolute atomic E-state index is 0.0384. The maximum atomic E-state index is 11.1. The Hall–Kier alpha value is -1.86. The molecule has 1 N–H and O–H groups in total. The van der Waals surface area contributed by atoms with Crippen molar-refractivity contribution >= 4 is 23.3 Å². The van der Waals surface area contributed by atoms with Gasteiger partial charge in [-0.15, -0.1) is 0 Å². The molecule has 0 saturated carbocycles. The van der Waals surface area contributed by atoms with E-state index in [1.54, 1.807) is 0 Å². The van der Waals surface area contributed by atoms with Gasteiger partial charge in [-0.2, -0.15) is 0 Å². The third-order valence-electron chi connectivity index (χ3n) is 2.47. The van der Waals surface area contributed by atoms with Crippen molar-refractivity contribution in [1.29, 1.82) is 0 Å². The quantitative estimate of drug-likeness (QED) is 0.472. The Balaban J connectivity index is 2.94. The molecule has 0 saturated heterocycles. The number of non-ortho nitro benzene ring substituents is 1. The smallest absolute Gasteiger partial charge is 0.339 e. The third kappa shape index (κ3) is 4.36. The van der Waals surface area contributed by atoms with Crippen molar-refractivity contribution in [2.45, 2.75) is 6.42 Å². The zero-order chi connectivity index (χ0) is 15.3. The van der Waals surface area contributed by atoms with Crippen LogP contribution in [0.2, 0.25) is 5.02 Å². The molecule has 110 valence electrons. The van der Waals surface area contributed by atoms with Crippen LogP contribution in [-0.2, 0) is 0 Å². The second kappa shape index (κ2) is 7.06. The molecule has 0 spiro atoms. The first-order chi connectivity index (χ1) is 9.32. The van der Waals surface area contributed by atoms with Crippen molar-refractivity contribution in [2.24, 2.45) is 0 Å². The van der Waals surface area contributed by atoms with Crippen LogP contribution in [0.25, 0.3) is 0 Å². The van der Waals surface area contributed by atoms with Crippen molar-refractivity contribution in [3.8, 4) is 5.75 Å². The lowest BCUT2D eigenvalue weighted by molar-refractivity contribution is -0.384. The third-order valence-corrected chi connectivity index (χ3v) is 2.75. The molecule has 7 nitrogen and oxygen atoms in total. The number of hydrogen-bond donors (Lipinski definition) is 1. The van der Waals surface area contributed by atoms with E-state index in [0.717, 1.165) is 18.7 Å². The molecule has 0 unspecified atom stereocenters. The lowest BCUT2D eigenvalue weighted by Crippen LogP contribution is -2.16. The van der Waals surface area contributed by atoms with E-state index in [-0.39, 0.29) is 28.6 Å². The highest BCUT2D eigenvalue weighted by Gasteiger charge is 2.21. The SMILES string of the molecule is CN(C)CCCOc1c(Cl)cc([N+](=O)[O-])cc1C(=O)O. The van der Waals surface area contributed by atoms with Crippen molar-refractivity contribution in [3.63, 3.8) is 0 Å². The van der Waals surface area contributed by atoms with Crippen molar-refractivity contribution in [1.82, 2.24) is 4.90 Å². The Morgan fingerprint density at radius 1 is 1.50 bits per heavy atom. The molecule has 0 aliphatic carbocycles. The summed E-state index contributed by atoms with van der Waals surface area (Å²) < 4.78 is 5.35. The molecule has 0 heterocycles. The lowest BCUT2D eigenvalue weighted by atomic mass is 10.2. The molecule has 20 heavy (non-hydrogen) atoms. The molecule has 0 amide bonds. The number of nitro benzene ring substituents is 1. The Morgan fingerprint density at radius 2 is 2.15 bits per heavy atom. The molecule has 0 atom stereocenters. The van der Waals surface area contributed by atoms with E-state index in [9.17, 15) is 14.9 Å². The van der Waals surface area contributed by atoms with Crippen LogP contribution in [0.15, 0.2) is 12.1 Å². The number of halogens is 1. The van der Waals surface area contributed by atoms with E-state index in [2.05, 4.69) is 0 Å². The van der Waals surface area contributed by atoms with Crippen LogP contribution < -0.4 is 4.74 Å². The van der Waals surface area contributed by atoms with Gasteiger partial charge >= 0.3 is 5.97 Å². The van der Waals surface area contributed by atoms with Crippen LogP contribution >= 0.6 is 11.6 Å². The molecular formula is C12H15ClN2O5. The zero-order valence-corrected chi connectivity index (χ0v) is 11.9. The van der Waals surface area contributed by atoms with Gasteiger partial charge < -0.3 is 14.7 Å². The van der Waals surface area contributed by atoms with Crippen molar-refractivity contribution in [2.75, 3.05) is 27.2 Å². The second-order valence-corrected chi connectivity index (χ2v) is 4.78. The number of nitro groups is 1. The topological polar surface area (TPSA) is 92.9 Å². The highest BCUT2D eigenvalue weighted by Crippen LogP contribution is 2.33. The lowest BCUT2D eigenvalue weighted by Gasteiger charge is -2.13. The highest BCUT2D eigenvalue weighted by molar-refractivity contribution is 6.32. The maximum absolute atomic E-state index is 11.1. The number of nitrogens with zero attached hydrogens (tertiary/aromatic N) is 2. The van der Waals surface area contributed by atoms with Crippen LogP contribution in [0.4, 0.5) is 5.69 Å². The molecule has 8 heteroatoms. The number of rotatable bonds is 7. The van der Waals surface area contributed by atoms with Gasteiger partial charge in [0.05, 0.1) is 16.6 Å². The van der Waals surface area contributed by atoms with Crippen LogP contribution in [0.5, 0.6) is 5.75 Å². The molecule has 0 aliphatic heterocycles. The molecular weight excluding hydrogens is 288 g/mol. The van der Waals surface area contributed by atoms with E-state index in [4.69, 9.17) is 21.4 Å². The minimum Gasteiger partial charge on any atom is -0.491 e. The summed E-state index contributed by atoms with van der Waals surface area (Å²) >= 11 is 5.86. The fraction of sp³-hybridized carbons (Fsp3) is 0.417. The highest BCUT2D eigenvalue weighted by atomic mass is 35.5. The van der Waals surface area contributed by atoms with Gasteiger partial charge in [0.2, 0.25) is 0 Å². The molecule has 0 fully saturated rings. The Morgan fingerprint density at radius 3 is 2.65 bits per heavy atom. The average molecular weight is 303 g/mol. The summed E-state index contributed by atoms with van der Waals surface area (Å²) in [6.07, 6.45) is 0.680. The van der Waals surface area contributed by atoms with Gasteiger partial charge in [-0.25, -0.2) is 4.79 Å². The number of benzene rings is 1. The molecule has 1 aromatic carbocycles. The molecule has 1 aromatic rings. The molecule has 0 radical (unpaired) electrons. The number of carboxylic acid groups (broad SMARTS) is 1. The molecule has 0 bridgehead atoms. The summed E-state index contributed by atoms with van der Waals surface area (Å²) in [6.45, 7) is 1.04. The van der Waals surface area contributed by atoms with Gasteiger partial charge in [-0.05, 0) is 20.5 Å². The van der Waals surface area contributed by atoms with Crippen molar-refractivity contribution < 1.29 is 19.6 Å². The average Bonchev–Trinajstić information content (AvgIpc) is 2.34. The zero-order valence-electron chi connectivity index (χ0n) is 11.1. The Labute approximate surface area is 120 Å². The van der Waals surface area contributed by atoms with Gasteiger partial charge in [-0.3, -0.25) is 10.1 Å². The summed E-state index contributed by atoms with van der Waals surface area (Å²) in [5.74, 6) is -1.36. The molecule has 0 aromatic heterocycles. The van der Waals surface area contributed by atoms with E-state index >= 15 is 0 Å². The Kier molecular flexibility index (Phi) is 5.72. The van der Waals surface area contributed by atoms with Crippen LogP contribution in [-0.4, -0.2) is 48.1 Å². The van der Waals surface area contributed by atoms with Gasteiger partial charge in [0.1, 0.15) is 5.56 Å². The fourth-order valence-corrected chi connectivity index (χ4v) is 1.81. The number of carboxylic acids is 1. The second-order valence-electron chi connectivity index (χ2n) is 4.37. The standard InChI is InChI=1S/C12H15ClN2O5/c1-14(2)4-3-5-20-11-9(12(16)17)6-8(15(18)19)7-10(11)13/h6-7H,3-5H2,1-2H3,(H,16,17). The van der Waals surface area contributed by atoms with Gasteiger partial charge in [0, 0.05) is 18.7 Å². The van der Waals surface area contributed by atoms with Crippen molar-refractivity contribution in [3.05, 3.63) is 32.8 Å². The van der Waals surface area contributed by atoms with E-state index < -0.39 is 10.9 Å². The van der Waals surface area contributed by atoms with E-state index in [0.29, 0.717) is 6.42 Å². The maximum Gasteiger partial charge on any atom is 0.339 e. The number of ether oxygens (including phenoxy) is 1. The number of aromatic carboxylic acids is 1. The number of carbonyl (C=O) groups is 1. The first-order valence-corrected chi connectivity index (χ1v) is 6.19. The van der Waals surface area contributed by atoms with Gasteiger partial charge in [0.25, 0.3) is 5.69 Å². The monoisotopic (exact) mass is 302 g/mol. The summed E-state index contributed by atoms with van der Waals surface area (Å²) in [6, 6.07) is 2.02. The predicted octanol–water partition coefficient (Wildman–Crippen LogP) is 2.28. The predicted molar refractivity (Wildman–Crippen MR) is 73.7 cm³/mol. The van der Waals surface area contributed by atoms with Crippen LogP contribution in [0.1, 0.15) is 16.8 Å². The van der Waals surface area contributed by atoms with Crippen LogP contribution in [0, 0.1) is 10.1 Å². The fourth-order valence-electron chi connectivity index (χ4n) is 1.55. The van der Waals surface area contributed by atoms with Crippen LogP contribution in [0.3, 0.4) is 0 Å². The summed E-state index contributed by atoms with van der Waals surface area (Å²) in [5, 5.41) is 19.7. The molecule has 1 rings (SSSR count). The first-order valence-electron chi connectivity index (χ1n) is 5.81. The molecule has 0 aliphatic rings. The van der Waals surface area contributed by atoms with E-state index in [1.165, 1.54) is 0 Å². The summed E-state index contributed by atoms with van der Waals surface area (Å²) in [7, 11) is 3.81. The largest absolute Gasteiger partial charge is 0.491 e. The van der Waals surface area contributed by atoms with Gasteiger partial charge in [0.15, 0.2) is 5.75 Å². The van der Waals surface area contributed by atoms with E-state index in [1.807, 2.05) is 19.0 Å². The Bertz CT molecular complexity index is 519. The minimum atomic E-state index is -1.32. The summed E-state index contributed by atoms with van der Waals surface area (Å²) in [4.78, 5) is 23.1. The first kappa shape index (κ1) is 16.2. The summed E-state index contributed by atoms with van der Waals surface area (Å²) in [5.41, 5.74) is -0.693.